The Morgan fingerprint density at radius 2 is 2.29 bits per heavy atom. The zero-order valence-electron chi connectivity index (χ0n) is 7.88. The van der Waals surface area contributed by atoms with Gasteiger partial charge in [0.15, 0.2) is 0 Å². The molecule has 1 aliphatic rings. The van der Waals surface area contributed by atoms with E-state index in [1.54, 1.807) is 11.0 Å². The highest BCUT2D eigenvalue weighted by Gasteiger charge is 2.23. The lowest BCUT2D eigenvalue weighted by molar-refractivity contribution is -0.116. The van der Waals surface area contributed by atoms with Gasteiger partial charge < -0.3 is 10.6 Å². The lowest BCUT2D eigenvalue weighted by Crippen LogP contribution is -2.25. The quantitative estimate of drug-likeness (QED) is 0.633. The summed E-state index contributed by atoms with van der Waals surface area (Å²) in [7, 11) is 0. The molecule has 0 spiro atoms. The molecule has 2 rings (SSSR count). The molecule has 2 N–H and O–H groups in total. The summed E-state index contributed by atoms with van der Waals surface area (Å²) in [6, 6.07) is 2.94. The normalized spacial score (nSPS) is 14.3. The minimum absolute atomic E-state index is 0.0621. The van der Waals surface area contributed by atoms with E-state index >= 15 is 0 Å². The van der Waals surface area contributed by atoms with E-state index in [4.69, 9.17) is 5.73 Å². The molecule has 0 aliphatic carbocycles. The van der Waals surface area contributed by atoms with E-state index in [1.807, 2.05) is 0 Å². The van der Waals surface area contributed by atoms with Crippen LogP contribution in [0.1, 0.15) is 12.5 Å². The van der Waals surface area contributed by atoms with E-state index in [1.165, 1.54) is 13.0 Å². The van der Waals surface area contributed by atoms with E-state index in [2.05, 4.69) is 0 Å². The van der Waals surface area contributed by atoms with Crippen LogP contribution in [0.4, 0.5) is 15.8 Å². The predicted octanol–water partition coefficient (Wildman–Crippen LogP) is 1.32. The van der Waals surface area contributed by atoms with Crippen molar-refractivity contribution >= 4 is 17.3 Å². The summed E-state index contributed by atoms with van der Waals surface area (Å²) in [5.74, 6) is -0.523. The number of hydrogen-bond acceptors (Lipinski definition) is 2. The summed E-state index contributed by atoms with van der Waals surface area (Å²) >= 11 is 0. The van der Waals surface area contributed by atoms with Crippen molar-refractivity contribution in [2.75, 3.05) is 17.2 Å². The van der Waals surface area contributed by atoms with Crippen molar-refractivity contribution in [2.24, 2.45) is 0 Å². The minimum atomic E-state index is -0.461. The topological polar surface area (TPSA) is 46.3 Å². The Bertz CT molecular complexity index is 403. The molecule has 0 aromatic heterocycles. The molecule has 74 valence electrons. The maximum atomic E-state index is 13.1. The van der Waals surface area contributed by atoms with Gasteiger partial charge in [-0.15, -0.1) is 0 Å². The molecule has 4 heteroatoms. The number of carbonyl (C=O) groups is 1. The van der Waals surface area contributed by atoms with E-state index in [0.717, 1.165) is 12.0 Å². The fourth-order valence-electron chi connectivity index (χ4n) is 1.76. The van der Waals surface area contributed by atoms with Crippen molar-refractivity contribution < 1.29 is 9.18 Å². The highest BCUT2D eigenvalue weighted by atomic mass is 19.1. The molecule has 0 saturated heterocycles. The summed E-state index contributed by atoms with van der Waals surface area (Å²) < 4.78 is 13.1. The second kappa shape index (κ2) is 2.97. The Balaban J connectivity index is 2.50. The highest BCUT2D eigenvalue weighted by Crippen LogP contribution is 2.31. The molecule has 3 nitrogen and oxygen atoms in total. The molecule has 1 aliphatic heterocycles. The highest BCUT2D eigenvalue weighted by molar-refractivity contribution is 5.94. The fourth-order valence-corrected chi connectivity index (χ4v) is 1.76. The van der Waals surface area contributed by atoms with E-state index in [0.29, 0.717) is 12.2 Å². The van der Waals surface area contributed by atoms with Crippen LogP contribution in [0.5, 0.6) is 0 Å². The Morgan fingerprint density at radius 3 is 2.93 bits per heavy atom. The molecule has 1 amide bonds. The van der Waals surface area contributed by atoms with Crippen molar-refractivity contribution in [1.82, 2.24) is 0 Å². The van der Waals surface area contributed by atoms with Crippen LogP contribution in [0.3, 0.4) is 0 Å². The molecule has 0 unspecified atom stereocenters. The number of benzene rings is 1. The third kappa shape index (κ3) is 1.23. The Kier molecular flexibility index (Phi) is 1.91. The largest absolute Gasteiger partial charge is 0.396 e. The molecule has 14 heavy (non-hydrogen) atoms. The van der Waals surface area contributed by atoms with Crippen LogP contribution in [0, 0.1) is 5.82 Å². The van der Waals surface area contributed by atoms with E-state index < -0.39 is 5.82 Å². The number of hydrogen-bond donors (Lipinski definition) is 1. The first kappa shape index (κ1) is 8.99. The van der Waals surface area contributed by atoms with Crippen molar-refractivity contribution in [3.05, 3.63) is 23.5 Å². The SMILES string of the molecule is CC(=O)N1CCc2cc(N)c(F)cc21. The summed E-state index contributed by atoms with van der Waals surface area (Å²) in [5.41, 5.74) is 7.18. The summed E-state index contributed by atoms with van der Waals surface area (Å²) in [5, 5.41) is 0. The first-order valence-electron chi connectivity index (χ1n) is 4.45. The average Bonchev–Trinajstić information content (AvgIpc) is 2.48. The van der Waals surface area contributed by atoms with Gasteiger partial charge in [0.1, 0.15) is 5.82 Å². The Labute approximate surface area is 81.3 Å². The number of carbonyl (C=O) groups excluding carboxylic acids is 1. The van der Waals surface area contributed by atoms with Crippen LogP contribution >= 0.6 is 0 Å². The molecule has 1 aromatic carbocycles. The van der Waals surface area contributed by atoms with Gasteiger partial charge in [0.05, 0.1) is 5.69 Å². The van der Waals surface area contributed by atoms with Crippen LogP contribution in [-0.2, 0) is 11.2 Å². The number of nitrogens with zero attached hydrogens (tertiary/aromatic N) is 1. The third-order valence-electron chi connectivity index (χ3n) is 2.47. The van der Waals surface area contributed by atoms with Gasteiger partial charge in [0.25, 0.3) is 0 Å². The van der Waals surface area contributed by atoms with Gasteiger partial charge in [0.2, 0.25) is 5.91 Å². The number of nitrogens with two attached hydrogens (primary N) is 1. The zero-order valence-corrected chi connectivity index (χ0v) is 7.88. The summed E-state index contributed by atoms with van der Waals surface area (Å²) in [4.78, 5) is 12.7. The van der Waals surface area contributed by atoms with Crippen LogP contribution in [-0.4, -0.2) is 12.5 Å². The van der Waals surface area contributed by atoms with Gasteiger partial charge in [-0.05, 0) is 18.1 Å². The monoisotopic (exact) mass is 194 g/mol. The maximum Gasteiger partial charge on any atom is 0.223 e. The molecule has 1 aromatic rings. The molecular weight excluding hydrogens is 183 g/mol. The lowest BCUT2D eigenvalue weighted by atomic mass is 10.1. The van der Waals surface area contributed by atoms with Crippen LogP contribution in [0.15, 0.2) is 12.1 Å². The molecule has 0 radical (unpaired) electrons. The standard InChI is InChI=1S/C10H11FN2O/c1-6(14)13-3-2-7-4-9(12)8(11)5-10(7)13/h4-5H,2-3,12H2,1H3. The van der Waals surface area contributed by atoms with Gasteiger partial charge in [-0.2, -0.15) is 0 Å². The van der Waals surface area contributed by atoms with Crippen molar-refractivity contribution in [2.45, 2.75) is 13.3 Å². The Hall–Kier alpha value is -1.58. The van der Waals surface area contributed by atoms with E-state index in [-0.39, 0.29) is 11.6 Å². The van der Waals surface area contributed by atoms with Gasteiger partial charge in [-0.3, -0.25) is 4.79 Å². The molecular formula is C10H11FN2O. The predicted molar refractivity (Wildman–Crippen MR) is 52.5 cm³/mol. The van der Waals surface area contributed by atoms with Gasteiger partial charge in [-0.1, -0.05) is 0 Å². The second-order valence-electron chi connectivity index (χ2n) is 3.42. The molecule has 0 bridgehead atoms. The maximum absolute atomic E-state index is 13.1. The number of amides is 1. The van der Waals surface area contributed by atoms with Crippen LogP contribution < -0.4 is 10.6 Å². The van der Waals surface area contributed by atoms with Crippen LogP contribution in [0.25, 0.3) is 0 Å². The summed E-state index contributed by atoms with van der Waals surface area (Å²) in [6.45, 7) is 2.09. The summed E-state index contributed by atoms with van der Waals surface area (Å²) in [6.07, 6.45) is 0.749. The van der Waals surface area contributed by atoms with E-state index in [9.17, 15) is 9.18 Å². The van der Waals surface area contributed by atoms with Crippen molar-refractivity contribution in [3.8, 4) is 0 Å². The first-order valence-corrected chi connectivity index (χ1v) is 4.45. The molecule has 0 fully saturated rings. The molecule has 1 heterocycles. The van der Waals surface area contributed by atoms with Gasteiger partial charge >= 0.3 is 0 Å². The second-order valence-corrected chi connectivity index (χ2v) is 3.42. The number of halogens is 1. The zero-order chi connectivity index (χ0) is 10.3. The van der Waals surface area contributed by atoms with Crippen molar-refractivity contribution in [3.63, 3.8) is 0 Å². The first-order chi connectivity index (χ1) is 6.59. The van der Waals surface area contributed by atoms with Gasteiger partial charge in [0, 0.05) is 25.2 Å². The van der Waals surface area contributed by atoms with Crippen molar-refractivity contribution in [1.29, 1.82) is 0 Å². The molecule has 0 atom stereocenters. The smallest absolute Gasteiger partial charge is 0.223 e. The Morgan fingerprint density at radius 1 is 1.57 bits per heavy atom. The number of fused-ring (bicyclic) bond motifs is 1. The van der Waals surface area contributed by atoms with Crippen LogP contribution in [0.2, 0.25) is 0 Å². The number of rotatable bonds is 0. The van der Waals surface area contributed by atoms with Gasteiger partial charge in [-0.25, -0.2) is 4.39 Å². The fraction of sp³-hybridized carbons (Fsp3) is 0.300. The minimum Gasteiger partial charge on any atom is -0.396 e. The number of nitrogen functional groups attached to an aromatic ring is 1. The lowest BCUT2D eigenvalue weighted by Gasteiger charge is -2.14. The molecule has 0 saturated carbocycles. The number of anilines is 2. The third-order valence-corrected chi connectivity index (χ3v) is 2.47. The average molecular weight is 194 g/mol.